The Morgan fingerprint density at radius 1 is 1.31 bits per heavy atom. The first-order valence-corrected chi connectivity index (χ1v) is 7.64. The fourth-order valence-corrected chi connectivity index (χ4v) is 1.81. The Kier molecular flexibility index (Phi) is 10.5. The number of hydrogen-bond acceptors (Lipinski definition) is 2. The van der Waals surface area contributed by atoms with Gasteiger partial charge in [0, 0.05) is 10.3 Å². The number of alkyl halides is 1. The standard InChI is InChI=1S/C13H25IO2/c1-4-6-7-12(5-2)10-16-13(15)9-8-11(3)14/h11-12H,4-10H2,1-3H3. The van der Waals surface area contributed by atoms with Crippen molar-refractivity contribution >= 4 is 28.6 Å². The third-order valence-corrected chi connectivity index (χ3v) is 3.39. The quantitative estimate of drug-likeness (QED) is 0.354. The molecular formula is C13H25IO2. The van der Waals surface area contributed by atoms with Crippen molar-refractivity contribution in [3.63, 3.8) is 0 Å². The van der Waals surface area contributed by atoms with Crippen LogP contribution in [0, 0.1) is 5.92 Å². The van der Waals surface area contributed by atoms with Crippen molar-refractivity contribution in [3.8, 4) is 0 Å². The molecule has 0 heterocycles. The number of carbonyl (C=O) groups is 1. The zero-order valence-electron chi connectivity index (χ0n) is 10.8. The van der Waals surface area contributed by atoms with Crippen LogP contribution in [0.15, 0.2) is 0 Å². The van der Waals surface area contributed by atoms with E-state index in [0.717, 1.165) is 12.8 Å². The lowest BCUT2D eigenvalue weighted by Gasteiger charge is -2.14. The fourth-order valence-electron chi connectivity index (χ4n) is 1.50. The second kappa shape index (κ2) is 10.4. The molecule has 0 fully saturated rings. The van der Waals surface area contributed by atoms with Gasteiger partial charge in [0.25, 0.3) is 0 Å². The molecule has 96 valence electrons. The Morgan fingerprint density at radius 3 is 2.50 bits per heavy atom. The van der Waals surface area contributed by atoms with E-state index in [0.29, 0.717) is 22.9 Å². The van der Waals surface area contributed by atoms with E-state index in [1.54, 1.807) is 0 Å². The normalized spacial score (nSPS) is 14.5. The molecule has 0 N–H and O–H groups in total. The zero-order valence-corrected chi connectivity index (χ0v) is 13.0. The smallest absolute Gasteiger partial charge is 0.305 e. The van der Waals surface area contributed by atoms with Gasteiger partial charge in [-0.3, -0.25) is 4.79 Å². The Balaban J connectivity index is 3.62. The van der Waals surface area contributed by atoms with Gasteiger partial charge in [-0.1, -0.05) is 62.6 Å². The molecular weight excluding hydrogens is 315 g/mol. The van der Waals surface area contributed by atoms with E-state index in [-0.39, 0.29) is 5.97 Å². The van der Waals surface area contributed by atoms with E-state index >= 15 is 0 Å². The molecule has 0 spiro atoms. The first kappa shape index (κ1) is 16.2. The van der Waals surface area contributed by atoms with Crippen molar-refractivity contribution in [1.29, 1.82) is 0 Å². The number of ether oxygens (including phenoxy) is 1. The SMILES string of the molecule is CCCCC(CC)COC(=O)CCC(C)I. The molecule has 0 aliphatic rings. The van der Waals surface area contributed by atoms with Crippen LogP contribution in [-0.2, 0) is 9.53 Å². The highest BCUT2D eigenvalue weighted by Crippen LogP contribution is 2.14. The summed E-state index contributed by atoms with van der Waals surface area (Å²) in [5.41, 5.74) is 0. The molecule has 0 radical (unpaired) electrons. The second-order valence-electron chi connectivity index (χ2n) is 4.42. The maximum absolute atomic E-state index is 11.4. The lowest BCUT2D eigenvalue weighted by molar-refractivity contribution is -0.145. The molecule has 0 aromatic heterocycles. The number of hydrogen-bond donors (Lipinski definition) is 0. The zero-order chi connectivity index (χ0) is 12.4. The van der Waals surface area contributed by atoms with Gasteiger partial charge in [-0.2, -0.15) is 0 Å². The monoisotopic (exact) mass is 340 g/mol. The number of halogens is 1. The average molecular weight is 340 g/mol. The lowest BCUT2D eigenvalue weighted by atomic mass is 10.0. The highest BCUT2D eigenvalue weighted by atomic mass is 127. The molecule has 0 bridgehead atoms. The highest BCUT2D eigenvalue weighted by Gasteiger charge is 2.10. The molecule has 0 saturated heterocycles. The molecule has 0 aliphatic carbocycles. The maximum atomic E-state index is 11.4. The van der Waals surface area contributed by atoms with E-state index in [9.17, 15) is 4.79 Å². The van der Waals surface area contributed by atoms with E-state index in [1.807, 2.05) is 0 Å². The van der Waals surface area contributed by atoms with Crippen LogP contribution < -0.4 is 0 Å². The molecule has 2 atom stereocenters. The first-order valence-electron chi connectivity index (χ1n) is 6.39. The summed E-state index contributed by atoms with van der Waals surface area (Å²) in [5.74, 6) is 0.527. The minimum atomic E-state index is -0.0292. The van der Waals surface area contributed by atoms with Gasteiger partial charge in [-0.15, -0.1) is 0 Å². The van der Waals surface area contributed by atoms with Gasteiger partial charge in [-0.25, -0.2) is 0 Å². The van der Waals surface area contributed by atoms with Crippen LogP contribution in [0.3, 0.4) is 0 Å². The van der Waals surface area contributed by atoms with Crippen LogP contribution >= 0.6 is 22.6 Å². The Bertz CT molecular complexity index is 181. The molecule has 0 saturated carbocycles. The fraction of sp³-hybridized carbons (Fsp3) is 0.923. The predicted molar refractivity (Wildman–Crippen MR) is 77.0 cm³/mol. The Hall–Kier alpha value is 0.200. The largest absolute Gasteiger partial charge is 0.465 e. The molecule has 2 unspecified atom stereocenters. The third kappa shape index (κ3) is 9.43. The molecule has 0 aliphatic heterocycles. The van der Waals surface area contributed by atoms with Crippen molar-refractivity contribution in [3.05, 3.63) is 0 Å². The van der Waals surface area contributed by atoms with Crippen molar-refractivity contribution in [2.75, 3.05) is 6.61 Å². The molecule has 2 nitrogen and oxygen atoms in total. The van der Waals surface area contributed by atoms with Gasteiger partial charge in [0.15, 0.2) is 0 Å². The van der Waals surface area contributed by atoms with Gasteiger partial charge in [0.2, 0.25) is 0 Å². The van der Waals surface area contributed by atoms with E-state index in [2.05, 4.69) is 43.4 Å². The summed E-state index contributed by atoms with van der Waals surface area (Å²) in [6.07, 6.45) is 6.23. The van der Waals surface area contributed by atoms with Crippen LogP contribution in [0.2, 0.25) is 0 Å². The Morgan fingerprint density at radius 2 is 2.00 bits per heavy atom. The number of carbonyl (C=O) groups excluding carboxylic acids is 1. The predicted octanol–water partition coefficient (Wildman–Crippen LogP) is 4.35. The number of rotatable bonds is 9. The minimum Gasteiger partial charge on any atom is -0.465 e. The number of unbranched alkanes of at least 4 members (excludes halogenated alkanes) is 1. The summed E-state index contributed by atoms with van der Waals surface area (Å²) in [7, 11) is 0. The van der Waals surface area contributed by atoms with Crippen LogP contribution in [0.4, 0.5) is 0 Å². The summed E-state index contributed by atoms with van der Waals surface area (Å²) in [5, 5.41) is 0. The molecule has 0 amide bonds. The molecule has 16 heavy (non-hydrogen) atoms. The minimum absolute atomic E-state index is 0.0292. The van der Waals surface area contributed by atoms with Crippen molar-refractivity contribution in [2.45, 2.75) is 63.2 Å². The topological polar surface area (TPSA) is 26.3 Å². The molecule has 0 rings (SSSR count). The van der Waals surface area contributed by atoms with E-state index < -0.39 is 0 Å². The molecule has 0 aromatic carbocycles. The summed E-state index contributed by atoms with van der Waals surface area (Å²) in [6, 6.07) is 0. The van der Waals surface area contributed by atoms with Gasteiger partial charge < -0.3 is 4.74 Å². The van der Waals surface area contributed by atoms with Gasteiger partial charge >= 0.3 is 5.97 Å². The maximum Gasteiger partial charge on any atom is 0.305 e. The molecule has 3 heteroatoms. The van der Waals surface area contributed by atoms with Crippen LogP contribution in [-0.4, -0.2) is 16.5 Å². The van der Waals surface area contributed by atoms with Crippen molar-refractivity contribution in [2.24, 2.45) is 5.92 Å². The van der Waals surface area contributed by atoms with Crippen molar-refractivity contribution in [1.82, 2.24) is 0 Å². The lowest BCUT2D eigenvalue weighted by Crippen LogP contribution is -2.14. The van der Waals surface area contributed by atoms with E-state index in [4.69, 9.17) is 4.74 Å². The van der Waals surface area contributed by atoms with Crippen LogP contribution in [0.5, 0.6) is 0 Å². The van der Waals surface area contributed by atoms with Gasteiger partial charge in [0.05, 0.1) is 6.61 Å². The van der Waals surface area contributed by atoms with Crippen LogP contribution in [0.1, 0.15) is 59.3 Å². The summed E-state index contributed by atoms with van der Waals surface area (Å²) >= 11 is 2.34. The van der Waals surface area contributed by atoms with Gasteiger partial charge in [-0.05, 0) is 18.8 Å². The highest BCUT2D eigenvalue weighted by molar-refractivity contribution is 14.1. The Labute approximate surface area is 114 Å². The van der Waals surface area contributed by atoms with Crippen LogP contribution in [0.25, 0.3) is 0 Å². The van der Waals surface area contributed by atoms with Crippen molar-refractivity contribution < 1.29 is 9.53 Å². The third-order valence-electron chi connectivity index (χ3n) is 2.77. The average Bonchev–Trinajstić information content (AvgIpc) is 2.26. The summed E-state index contributed by atoms with van der Waals surface area (Å²) in [6.45, 7) is 7.09. The van der Waals surface area contributed by atoms with E-state index in [1.165, 1.54) is 19.3 Å². The second-order valence-corrected chi connectivity index (χ2v) is 6.55. The molecule has 0 aromatic rings. The summed E-state index contributed by atoms with van der Waals surface area (Å²) < 4.78 is 5.85. The number of esters is 1. The van der Waals surface area contributed by atoms with Gasteiger partial charge in [0.1, 0.15) is 0 Å². The summed E-state index contributed by atoms with van der Waals surface area (Å²) in [4.78, 5) is 11.4. The first-order chi connectivity index (χ1) is 7.60.